The minimum Gasteiger partial charge on any atom is -0.395 e. The standard InChI is InChI=1S/C18H15O6P/c1-3-17(19)13-7-5-9-15(11-13)23-25(21,22)24-16-10-6-8-14(12-16)18(20)4-2/h3-12H,1-2H2,(H,21,22). The molecule has 0 spiro atoms. The van der Waals surface area contributed by atoms with Crippen LogP contribution in [-0.4, -0.2) is 16.5 Å². The zero-order valence-electron chi connectivity index (χ0n) is 13.1. The molecule has 0 saturated carbocycles. The lowest BCUT2D eigenvalue weighted by molar-refractivity contribution is 0.103. The molecule has 1 N–H and O–H groups in total. The summed E-state index contributed by atoms with van der Waals surface area (Å²) in [6.45, 7) is 6.75. The molecule has 0 bridgehead atoms. The van der Waals surface area contributed by atoms with Crippen LogP contribution in [0.1, 0.15) is 20.7 Å². The summed E-state index contributed by atoms with van der Waals surface area (Å²) in [5.74, 6) is -0.738. The first kappa shape index (κ1) is 18.4. The van der Waals surface area contributed by atoms with Crippen molar-refractivity contribution in [3.05, 3.63) is 85.0 Å². The Morgan fingerprint density at radius 3 is 1.64 bits per heavy atom. The van der Waals surface area contributed by atoms with Gasteiger partial charge in [0.1, 0.15) is 11.5 Å². The van der Waals surface area contributed by atoms with E-state index < -0.39 is 7.82 Å². The molecule has 2 rings (SSSR count). The van der Waals surface area contributed by atoms with Crippen molar-refractivity contribution in [1.29, 1.82) is 0 Å². The van der Waals surface area contributed by atoms with Gasteiger partial charge in [-0.05, 0) is 36.4 Å². The maximum Gasteiger partial charge on any atom is 0.584 e. The molecule has 0 radical (unpaired) electrons. The molecule has 0 aliphatic carbocycles. The molecule has 0 atom stereocenters. The van der Waals surface area contributed by atoms with Gasteiger partial charge in [-0.25, -0.2) is 4.57 Å². The molecule has 0 heterocycles. The molecule has 0 unspecified atom stereocenters. The molecule has 0 aliphatic rings. The molecule has 2 aromatic carbocycles. The molecular formula is C18H15O6P. The van der Waals surface area contributed by atoms with Crippen LogP contribution >= 0.6 is 7.82 Å². The summed E-state index contributed by atoms with van der Waals surface area (Å²) >= 11 is 0. The van der Waals surface area contributed by atoms with Crippen LogP contribution in [0.15, 0.2) is 73.8 Å². The first-order valence-electron chi connectivity index (χ1n) is 7.10. The zero-order chi connectivity index (χ0) is 18.4. The highest BCUT2D eigenvalue weighted by Crippen LogP contribution is 2.44. The quantitative estimate of drug-likeness (QED) is 0.436. The highest BCUT2D eigenvalue weighted by atomic mass is 31.2. The van der Waals surface area contributed by atoms with Crippen LogP contribution in [0.25, 0.3) is 0 Å². The second-order valence-corrected chi connectivity index (χ2v) is 6.15. The van der Waals surface area contributed by atoms with Crippen molar-refractivity contribution in [2.24, 2.45) is 0 Å². The number of carbonyl (C=O) groups is 2. The minimum absolute atomic E-state index is 0.0168. The number of benzene rings is 2. The number of carbonyl (C=O) groups excluding carboxylic acids is 2. The van der Waals surface area contributed by atoms with Gasteiger partial charge in [0.25, 0.3) is 0 Å². The van der Waals surface area contributed by atoms with Gasteiger partial charge in [0, 0.05) is 11.1 Å². The Hall–Kier alpha value is -2.95. The lowest BCUT2D eigenvalue weighted by atomic mass is 10.1. The lowest BCUT2D eigenvalue weighted by Crippen LogP contribution is -2.02. The maximum atomic E-state index is 12.2. The monoisotopic (exact) mass is 358 g/mol. The Kier molecular flexibility index (Phi) is 5.70. The predicted molar refractivity (Wildman–Crippen MR) is 93.0 cm³/mol. The minimum atomic E-state index is -4.53. The Morgan fingerprint density at radius 1 is 0.880 bits per heavy atom. The number of ketones is 2. The summed E-state index contributed by atoms with van der Waals surface area (Å²) < 4.78 is 22.1. The summed E-state index contributed by atoms with van der Waals surface area (Å²) in [5.41, 5.74) is 0.511. The molecule has 6 nitrogen and oxygen atoms in total. The van der Waals surface area contributed by atoms with Gasteiger partial charge in [0.05, 0.1) is 0 Å². The van der Waals surface area contributed by atoms with E-state index in [1.165, 1.54) is 48.5 Å². The third-order valence-electron chi connectivity index (χ3n) is 3.05. The number of hydrogen-bond acceptors (Lipinski definition) is 5. The average Bonchev–Trinajstić information content (AvgIpc) is 2.59. The number of phosphoric acid groups is 1. The van der Waals surface area contributed by atoms with E-state index in [1.54, 1.807) is 0 Å². The number of phosphoric ester groups is 1. The van der Waals surface area contributed by atoms with Crippen molar-refractivity contribution in [3.8, 4) is 11.5 Å². The molecule has 25 heavy (non-hydrogen) atoms. The van der Waals surface area contributed by atoms with Crippen LogP contribution in [0, 0.1) is 0 Å². The molecule has 2 aromatic rings. The van der Waals surface area contributed by atoms with E-state index in [9.17, 15) is 19.0 Å². The molecule has 0 fully saturated rings. The molecular weight excluding hydrogens is 343 g/mol. The fourth-order valence-electron chi connectivity index (χ4n) is 1.93. The van der Waals surface area contributed by atoms with Gasteiger partial charge in [0.15, 0.2) is 11.6 Å². The smallest absolute Gasteiger partial charge is 0.395 e. The van der Waals surface area contributed by atoms with Crippen molar-refractivity contribution < 1.29 is 28.1 Å². The van der Waals surface area contributed by atoms with Gasteiger partial charge in [-0.1, -0.05) is 37.4 Å². The number of hydrogen-bond donors (Lipinski definition) is 1. The Balaban J connectivity index is 2.18. The average molecular weight is 358 g/mol. The third kappa shape index (κ3) is 5.01. The SMILES string of the molecule is C=CC(=O)c1cccc(OP(=O)(O)Oc2cccc(C(=O)C=C)c2)c1. The van der Waals surface area contributed by atoms with Gasteiger partial charge < -0.3 is 9.05 Å². The van der Waals surface area contributed by atoms with E-state index in [0.29, 0.717) is 0 Å². The normalized spacial score (nSPS) is 10.6. The molecule has 0 aliphatic heterocycles. The molecule has 0 amide bonds. The number of allylic oxidation sites excluding steroid dienone is 2. The van der Waals surface area contributed by atoms with Crippen LogP contribution < -0.4 is 9.05 Å². The lowest BCUT2D eigenvalue weighted by Gasteiger charge is -2.14. The Bertz CT molecular complexity index is 817. The maximum absolute atomic E-state index is 12.2. The largest absolute Gasteiger partial charge is 0.584 e. The van der Waals surface area contributed by atoms with Crippen LogP contribution in [0.3, 0.4) is 0 Å². The number of rotatable bonds is 8. The fourth-order valence-corrected chi connectivity index (χ4v) is 2.73. The van der Waals surface area contributed by atoms with Gasteiger partial charge >= 0.3 is 7.82 Å². The van der Waals surface area contributed by atoms with Crippen molar-refractivity contribution in [1.82, 2.24) is 0 Å². The predicted octanol–water partition coefficient (Wildman–Crippen LogP) is 3.98. The zero-order valence-corrected chi connectivity index (χ0v) is 14.0. The Labute approximate surface area is 144 Å². The van der Waals surface area contributed by atoms with Crippen molar-refractivity contribution in [2.75, 3.05) is 0 Å². The van der Waals surface area contributed by atoms with Crippen LogP contribution in [0.4, 0.5) is 0 Å². The second kappa shape index (κ2) is 7.75. The molecule has 7 heteroatoms. The van der Waals surface area contributed by atoms with Crippen LogP contribution in [0.2, 0.25) is 0 Å². The fraction of sp³-hybridized carbons (Fsp3) is 0. The first-order chi connectivity index (χ1) is 11.8. The van der Waals surface area contributed by atoms with E-state index in [4.69, 9.17) is 9.05 Å². The summed E-state index contributed by atoms with van der Waals surface area (Å²) in [4.78, 5) is 33.0. The van der Waals surface area contributed by atoms with Crippen LogP contribution in [-0.2, 0) is 4.57 Å². The second-order valence-electron chi connectivity index (χ2n) is 4.84. The van der Waals surface area contributed by atoms with E-state index in [-0.39, 0.29) is 34.2 Å². The van der Waals surface area contributed by atoms with Gasteiger partial charge in [-0.3, -0.25) is 14.5 Å². The highest BCUT2D eigenvalue weighted by molar-refractivity contribution is 7.48. The van der Waals surface area contributed by atoms with E-state index in [1.807, 2.05) is 0 Å². The van der Waals surface area contributed by atoms with Crippen molar-refractivity contribution >= 4 is 19.4 Å². The van der Waals surface area contributed by atoms with Gasteiger partial charge in [-0.2, -0.15) is 0 Å². The molecule has 128 valence electrons. The van der Waals surface area contributed by atoms with Gasteiger partial charge in [0.2, 0.25) is 0 Å². The van der Waals surface area contributed by atoms with Crippen molar-refractivity contribution in [2.45, 2.75) is 0 Å². The topological polar surface area (TPSA) is 89.9 Å². The first-order valence-corrected chi connectivity index (χ1v) is 8.60. The summed E-state index contributed by atoms with van der Waals surface area (Å²) in [6.07, 6.45) is 2.24. The van der Waals surface area contributed by atoms with Crippen molar-refractivity contribution in [3.63, 3.8) is 0 Å². The van der Waals surface area contributed by atoms with E-state index >= 15 is 0 Å². The summed E-state index contributed by atoms with van der Waals surface area (Å²) in [6, 6.07) is 11.4. The van der Waals surface area contributed by atoms with E-state index in [2.05, 4.69) is 13.2 Å². The van der Waals surface area contributed by atoms with Crippen LogP contribution in [0.5, 0.6) is 11.5 Å². The summed E-state index contributed by atoms with van der Waals surface area (Å²) in [5, 5.41) is 0. The Morgan fingerprint density at radius 2 is 1.28 bits per heavy atom. The molecule has 0 aromatic heterocycles. The molecule has 0 saturated heterocycles. The van der Waals surface area contributed by atoms with E-state index in [0.717, 1.165) is 12.2 Å². The van der Waals surface area contributed by atoms with Gasteiger partial charge in [-0.15, -0.1) is 0 Å². The third-order valence-corrected chi connectivity index (χ3v) is 3.93. The highest BCUT2D eigenvalue weighted by Gasteiger charge is 2.25. The summed E-state index contributed by atoms with van der Waals surface area (Å²) in [7, 11) is -4.53.